The summed E-state index contributed by atoms with van der Waals surface area (Å²) in [6.45, 7) is 0. The Morgan fingerprint density at radius 3 is 2.92 bits per heavy atom. The Balaban J connectivity index is 2.76. The van der Waals surface area contributed by atoms with Crippen LogP contribution in [0.5, 0.6) is 0 Å². The van der Waals surface area contributed by atoms with Gasteiger partial charge >= 0.3 is 0 Å². The second-order valence-electron chi connectivity index (χ2n) is 2.45. The van der Waals surface area contributed by atoms with Crippen LogP contribution >= 0.6 is 34.7 Å². The van der Waals surface area contributed by atoms with Crippen molar-refractivity contribution in [3.63, 3.8) is 0 Å². The third-order valence-corrected chi connectivity index (χ3v) is 2.84. The van der Waals surface area contributed by atoms with E-state index in [4.69, 9.17) is 23.2 Å². The Kier molecular flexibility index (Phi) is 2.24. The molecular weight excluding hydrogens is 229 g/mol. The van der Waals surface area contributed by atoms with Gasteiger partial charge in [-0.05, 0) is 41.3 Å². The van der Waals surface area contributed by atoms with Crippen LogP contribution in [-0.2, 0) is 0 Å². The van der Waals surface area contributed by atoms with Crippen molar-refractivity contribution in [1.29, 1.82) is 0 Å². The number of fused-ring (bicyclic) bond motifs is 1. The van der Waals surface area contributed by atoms with Crippen LogP contribution in [0.4, 0.5) is 0 Å². The van der Waals surface area contributed by atoms with Crippen LogP contribution in [0.3, 0.4) is 0 Å². The van der Waals surface area contributed by atoms with Gasteiger partial charge in [0.1, 0.15) is 5.69 Å². The normalized spacial score (nSPS) is 10.6. The molecule has 1 heterocycles. The first-order valence-electron chi connectivity index (χ1n) is 3.43. The number of carbonyl (C=O) groups excluding carboxylic acids is 1. The van der Waals surface area contributed by atoms with E-state index in [0.29, 0.717) is 10.7 Å². The number of hydrogen-bond donors (Lipinski definition) is 0. The van der Waals surface area contributed by atoms with Gasteiger partial charge in [-0.1, -0.05) is 11.6 Å². The fourth-order valence-corrected chi connectivity index (χ4v) is 2.30. The van der Waals surface area contributed by atoms with Gasteiger partial charge in [-0.3, -0.25) is 4.79 Å². The van der Waals surface area contributed by atoms with Crippen molar-refractivity contribution in [2.24, 2.45) is 0 Å². The number of aromatic nitrogens is 1. The standard InChI is InChI=1S/C8H3Cl2NOS/c9-4-1-2-5-6(3-4)13-11-7(5)8(10)12/h1-3H. The second-order valence-corrected chi connectivity index (χ2v) is 4.03. The largest absolute Gasteiger partial charge is 0.274 e. The van der Waals surface area contributed by atoms with Crippen molar-refractivity contribution in [3.8, 4) is 0 Å². The maximum atomic E-state index is 10.9. The Bertz CT molecular complexity index is 480. The van der Waals surface area contributed by atoms with Gasteiger partial charge in [0.25, 0.3) is 5.24 Å². The average molecular weight is 232 g/mol. The van der Waals surface area contributed by atoms with Gasteiger partial charge in [-0.25, -0.2) is 0 Å². The molecule has 0 saturated heterocycles. The first kappa shape index (κ1) is 8.94. The fraction of sp³-hybridized carbons (Fsp3) is 0. The van der Waals surface area contributed by atoms with Crippen LogP contribution in [0.25, 0.3) is 10.1 Å². The number of halogens is 2. The molecule has 0 unspecified atom stereocenters. The Labute approximate surface area is 88.2 Å². The minimum Gasteiger partial charge on any atom is -0.274 e. The highest BCUT2D eigenvalue weighted by Crippen LogP contribution is 2.26. The summed E-state index contributed by atoms with van der Waals surface area (Å²) < 4.78 is 4.81. The molecule has 2 nitrogen and oxygen atoms in total. The molecule has 1 aromatic heterocycles. The molecule has 2 aromatic rings. The molecule has 5 heteroatoms. The van der Waals surface area contributed by atoms with Gasteiger partial charge < -0.3 is 0 Å². The Morgan fingerprint density at radius 2 is 2.23 bits per heavy atom. The number of rotatable bonds is 1. The van der Waals surface area contributed by atoms with Gasteiger partial charge in [0.05, 0.1) is 4.70 Å². The molecule has 0 N–H and O–H groups in total. The highest BCUT2D eigenvalue weighted by Gasteiger charge is 2.11. The molecule has 0 bridgehead atoms. The van der Waals surface area contributed by atoms with Crippen LogP contribution in [0.15, 0.2) is 18.2 Å². The van der Waals surface area contributed by atoms with E-state index < -0.39 is 5.24 Å². The molecule has 0 aliphatic heterocycles. The molecule has 2 rings (SSSR count). The molecule has 1 aromatic carbocycles. The molecule has 0 amide bonds. The van der Waals surface area contributed by atoms with Crippen molar-refractivity contribution in [2.45, 2.75) is 0 Å². The quantitative estimate of drug-likeness (QED) is 0.706. The molecule has 66 valence electrons. The number of hydrogen-bond acceptors (Lipinski definition) is 3. The lowest BCUT2D eigenvalue weighted by atomic mass is 10.2. The zero-order valence-electron chi connectivity index (χ0n) is 6.25. The van der Waals surface area contributed by atoms with Gasteiger partial charge in [0.2, 0.25) is 0 Å². The Hall–Kier alpha value is -0.640. The minimum atomic E-state index is -0.534. The lowest BCUT2D eigenvalue weighted by molar-refractivity contribution is 0.107. The smallest absolute Gasteiger partial charge is 0.272 e. The zero-order chi connectivity index (χ0) is 9.42. The highest BCUT2D eigenvalue weighted by molar-refractivity contribution is 7.13. The summed E-state index contributed by atoms with van der Waals surface area (Å²) >= 11 is 12.3. The predicted octanol–water partition coefficient (Wildman–Crippen LogP) is 3.33. The molecule has 0 spiro atoms. The molecule has 0 fully saturated rings. The lowest BCUT2D eigenvalue weighted by Crippen LogP contribution is -1.87. The maximum Gasteiger partial charge on any atom is 0.272 e. The zero-order valence-corrected chi connectivity index (χ0v) is 8.58. The van der Waals surface area contributed by atoms with Crippen molar-refractivity contribution in [1.82, 2.24) is 4.37 Å². The fourth-order valence-electron chi connectivity index (χ4n) is 1.05. The summed E-state index contributed by atoms with van der Waals surface area (Å²) in [5, 5.41) is 0.854. The first-order chi connectivity index (χ1) is 6.18. The molecule has 0 radical (unpaired) electrons. The van der Waals surface area contributed by atoms with Gasteiger partial charge in [-0.15, -0.1) is 0 Å². The maximum absolute atomic E-state index is 10.9. The minimum absolute atomic E-state index is 0.304. The summed E-state index contributed by atoms with van der Waals surface area (Å²) in [7, 11) is 0. The molecule has 0 aliphatic carbocycles. The number of carbonyl (C=O) groups is 1. The average Bonchev–Trinajstić information content (AvgIpc) is 2.46. The molecule has 0 aliphatic rings. The Morgan fingerprint density at radius 1 is 1.46 bits per heavy atom. The van der Waals surface area contributed by atoms with E-state index in [2.05, 4.69) is 4.37 Å². The van der Waals surface area contributed by atoms with E-state index in [-0.39, 0.29) is 0 Å². The van der Waals surface area contributed by atoms with E-state index in [1.54, 1.807) is 18.2 Å². The second kappa shape index (κ2) is 3.25. The van der Waals surface area contributed by atoms with E-state index >= 15 is 0 Å². The van der Waals surface area contributed by atoms with Crippen molar-refractivity contribution in [2.75, 3.05) is 0 Å². The molecule has 13 heavy (non-hydrogen) atoms. The van der Waals surface area contributed by atoms with Gasteiger partial charge in [0.15, 0.2) is 0 Å². The monoisotopic (exact) mass is 231 g/mol. The predicted molar refractivity (Wildman–Crippen MR) is 54.8 cm³/mol. The van der Waals surface area contributed by atoms with Gasteiger partial charge in [-0.2, -0.15) is 4.37 Å². The van der Waals surface area contributed by atoms with Crippen LogP contribution in [0.2, 0.25) is 5.02 Å². The SMILES string of the molecule is O=C(Cl)c1nsc2cc(Cl)ccc12. The number of nitrogens with zero attached hydrogens (tertiary/aromatic N) is 1. The topological polar surface area (TPSA) is 30.0 Å². The summed E-state index contributed by atoms with van der Waals surface area (Å²) in [6.07, 6.45) is 0. The lowest BCUT2D eigenvalue weighted by Gasteiger charge is -1.90. The summed E-state index contributed by atoms with van der Waals surface area (Å²) in [6, 6.07) is 5.22. The van der Waals surface area contributed by atoms with E-state index in [1.165, 1.54) is 11.5 Å². The van der Waals surface area contributed by atoms with Crippen molar-refractivity contribution < 1.29 is 4.79 Å². The highest BCUT2D eigenvalue weighted by atomic mass is 35.5. The van der Waals surface area contributed by atoms with E-state index in [0.717, 1.165) is 10.1 Å². The molecule has 0 saturated carbocycles. The summed E-state index contributed by atoms with van der Waals surface area (Å²) in [5.41, 5.74) is 0.304. The van der Waals surface area contributed by atoms with E-state index in [9.17, 15) is 4.79 Å². The van der Waals surface area contributed by atoms with E-state index in [1.807, 2.05) is 0 Å². The van der Waals surface area contributed by atoms with Crippen LogP contribution in [0.1, 0.15) is 10.5 Å². The third kappa shape index (κ3) is 1.55. The summed E-state index contributed by atoms with van der Waals surface area (Å²) in [4.78, 5) is 10.9. The van der Waals surface area contributed by atoms with Crippen molar-refractivity contribution in [3.05, 3.63) is 28.9 Å². The first-order valence-corrected chi connectivity index (χ1v) is 4.96. The van der Waals surface area contributed by atoms with Crippen molar-refractivity contribution >= 4 is 50.1 Å². The van der Waals surface area contributed by atoms with Crippen LogP contribution < -0.4 is 0 Å². The number of benzene rings is 1. The third-order valence-electron chi connectivity index (χ3n) is 1.62. The summed E-state index contributed by atoms with van der Waals surface area (Å²) in [5.74, 6) is 0. The van der Waals surface area contributed by atoms with Gasteiger partial charge in [0, 0.05) is 10.4 Å². The van der Waals surface area contributed by atoms with Crippen LogP contribution in [-0.4, -0.2) is 9.62 Å². The van der Waals surface area contributed by atoms with Crippen LogP contribution in [0, 0.1) is 0 Å². The molecule has 0 atom stereocenters. The molecular formula is C8H3Cl2NOS.